The lowest BCUT2D eigenvalue weighted by Gasteiger charge is -2.14. The molecule has 0 spiro atoms. The molecule has 92 valence electrons. The molecule has 0 bridgehead atoms. The molecule has 1 aliphatic heterocycles. The summed E-state index contributed by atoms with van der Waals surface area (Å²) in [5.41, 5.74) is 1.74. The van der Waals surface area contributed by atoms with Crippen LogP contribution >= 0.6 is 0 Å². The Morgan fingerprint density at radius 1 is 1.06 bits per heavy atom. The summed E-state index contributed by atoms with van der Waals surface area (Å²) in [6.07, 6.45) is -0.309. The Morgan fingerprint density at radius 2 is 1.72 bits per heavy atom. The summed E-state index contributed by atoms with van der Waals surface area (Å²) < 4.78 is 11.1. The Balaban J connectivity index is 2.22. The third kappa shape index (κ3) is 1.82. The van der Waals surface area contributed by atoms with Gasteiger partial charge in [-0.15, -0.1) is 0 Å². The summed E-state index contributed by atoms with van der Waals surface area (Å²) in [4.78, 5) is 11.6. The summed E-state index contributed by atoms with van der Waals surface area (Å²) in [6, 6.07) is 11.6. The highest BCUT2D eigenvalue weighted by Crippen LogP contribution is 2.31. The molecule has 0 saturated carbocycles. The normalized spacial score (nSPS) is 16.3. The topological polar surface area (TPSA) is 35.5 Å². The Morgan fingerprint density at radius 3 is 2.39 bits per heavy atom. The van der Waals surface area contributed by atoms with Gasteiger partial charge in [0.25, 0.3) is 0 Å². The van der Waals surface area contributed by atoms with Crippen LogP contribution in [0.15, 0.2) is 36.4 Å². The molecule has 1 heterocycles. The summed E-state index contributed by atoms with van der Waals surface area (Å²) >= 11 is 0. The van der Waals surface area contributed by atoms with Gasteiger partial charge in [0, 0.05) is 11.1 Å². The molecule has 18 heavy (non-hydrogen) atoms. The Labute approximate surface area is 105 Å². The molecule has 3 rings (SSSR count). The molecule has 0 amide bonds. The molecule has 0 radical (unpaired) electrons. The lowest BCUT2D eigenvalue weighted by atomic mass is 9.97. The molecule has 0 atom stereocenters. The summed E-state index contributed by atoms with van der Waals surface area (Å²) in [5, 5.41) is 1.98. The maximum Gasteiger partial charge on any atom is 0.184 e. The summed E-state index contributed by atoms with van der Waals surface area (Å²) in [7, 11) is 0. The quantitative estimate of drug-likeness (QED) is 0.759. The fourth-order valence-electron chi connectivity index (χ4n) is 2.37. The fraction of sp³-hybridized carbons (Fsp3) is 0.267. The number of rotatable bonds is 2. The van der Waals surface area contributed by atoms with Crippen molar-refractivity contribution in [2.45, 2.75) is 13.2 Å². The van der Waals surface area contributed by atoms with Crippen molar-refractivity contribution in [2.24, 2.45) is 0 Å². The number of benzene rings is 2. The minimum atomic E-state index is -0.309. The number of fused-ring (bicyclic) bond motifs is 1. The first-order valence-corrected chi connectivity index (χ1v) is 6.03. The van der Waals surface area contributed by atoms with Crippen LogP contribution < -0.4 is 0 Å². The number of carbonyl (C=O) groups excluding carboxylic acids is 1. The van der Waals surface area contributed by atoms with E-state index in [1.54, 1.807) is 6.92 Å². The van der Waals surface area contributed by atoms with Crippen molar-refractivity contribution in [3.05, 3.63) is 47.5 Å². The van der Waals surface area contributed by atoms with Gasteiger partial charge in [0.05, 0.1) is 13.2 Å². The largest absolute Gasteiger partial charge is 0.346 e. The van der Waals surface area contributed by atoms with E-state index in [0.29, 0.717) is 13.2 Å². The molecule has 2 aromatic carbocycles. The van der Waals surface area contributed by atoms with Gasteiger partial charge in [-0.3, -0.25) is 4.79 Å². The number of Topliss-reactive ketones (excluding diaryl/α,β-unsaturated/α-hetero) is 1. The molecular weight excluding hydrogens is 228 g/mol. The standard InChI is InChI=1S/C15H14O3/c1-10(16)11-6-7-14(15-17-8-9-18-15)13-5-3-2-4-12(11)13/h2-7,15H,8-9H2,1H3. The predicted molar refractivity (Wildman–Crippen MR) is 68.6 cm³/mol. The minimum absolute atomic E-state index is 0.0750. The molecule has 3 heteroatoms. The van der Waals surface area contributed by atoms with Crippen molar-refractivity contribution in [2.75, 3.05) is 13.2 Å². The second kappa shape index (κ2) is 4.52. The van der Waals surface area contributed by atoms with Gasteiger partial charge in [0.15, 0.2) is 12.1 Å². The highest BCUT2D eigenvalue weighted by Gasteiger charge is 2.21. The average molecular weight is 242 g/mol. The maximum atomic E-state index is 11.6. The first-order valence-electron chi connectivity index (χ1n) is 6.03. The van der Waals surface area contributed by atoms with Gasteiger partial charge in [0.2, 0.25) is 0 Å². The maximum absolute atomic E-state index is 11.6. The van der Waals surface area contributed by atoms with Crippen LogP contribution in [0.3, 0.4) is 0 Å². The van der Waals surface area contributed by atoms with Crippen molar-refractivity contribution in [3.8, 4) is 0 Å². The van der Waals surface area contributed by atoms with Crippen molar-refractivity contribution in [1.82, 2.24) is 0 Å². The van der Waals surface area contributed by atoms with E-state index in [1.807, 2.05) is 36.4 Å². The summed E-state index contributed by atoms with van der Waals surface area (Å²) in [5.74, 6) is 0.0750. The number of hydrogen-bond donors (Lipinski definition) is 0. The predicted octanol–water partition coefficient (Wildman–Crippen LogP) is 3.09. The minimum Gasteiger partial charge on any atom is -0.346 e. The average Bonchev–Trinajstić information content (AvgIpc) is 2.91. The van der Waals surface area contributed by atoms with Gasteiger partial charge < -0.3 is 9.47 Å². The van der Waals surface area contributed by atoms with Gasteiger partial charge in [-0.2, -0.15) is 0 Å². The van der Waals surface area contributed by atoms with Gasteiger partial charge in [-0.1, -0.05) is 36.4 Å². The number of hydrogen-bond acceptors (Lipinski definition) is 3. The van der Waals surface area contributed by atoms with E-state index in [2.05, 4.69) is 0 Å². The second-order valence-corrected chi connectivity index (χ2v) is 4.38. The molecule has 0 aromatic heterocycles. The first kappa shape index (κ1) is 11.4. The molecule has 1 saturated heterocycles. The van der Waals surface area contributed by atoms with Crippen molar-refractivity contribution < 1.29 is 14.3 Å². The molecule has 0 unspecified atom stereocenters. The molecule has 1 fully saturated rings. The Bertz CT molecular complexity index is 598. The second-order valence-electron chi connectivity index (χ2n) is 4.38. The van der Waals surface area contributed by atoms with Crippen molar-refractivity contribution in [3.63, 3.8) is 0 Å². The number of ketones is 1. The molecule has 0 aliphatic carbocycles. The lowest BCUT2D eigenvalue weighted by molar-refractivity contribution is -0.0430. The van der Waals surface area contributed by atoms with Gasteiger partial charge in [-0.05, 0) is 17.7 Å². The van der Waals surface area contributed by atoms with E-state index in [0.717, 1.165) is 21.9 Å². The van der Waals surface area contributed by atoms with Gasteiger partial charge in [0.1, 0.15) is 0 Å². The summed E-state index contributed by atoms with van der Waals surface area (Å²) in [6.45, 7) is 2.82. The van der Waals surface area contributed by atoms with Crippen LogP contribution in [0.25, 0.3) is 10.8 Å². The molecule has 1 aliphatic rings. The SMILES string of the molecule is CC(=O)c1ccc(C2OCCO2)c2ccccc12. The Kier molecular flexibility index (Phi) is 2.86. The Hall–Kier alpha value is -1.71. The van der Waals surface area contributed by atoms with Crippen LogP contribution in [0.2, 0.25) is 0 Å². The molecular formula is C15H14O3. The van der Waals surface area contributed by atoms with Crippen LogP contribution in [0.1, 0.15) is 29.1 Å². The zero-order chi connectivity index (χ0) is 12.5. The smallest absolute Gasteiger partial charge is 0.184 e. The van der Waals surface area contributed by atoms with E-state index in [4.69, 9.17) is 9.47 Å². The van der Waals surface area contributed by atoms with Gasteiger partial charge in [-0.25, -0.2) is 0 Å². The highest BCUT2D eigenvalue weighted by molar-refractivity contribution is 6.07. The van der Waals surface area contributed by atoms with Crippen LogP contribution in [0.5, 0.6) is 0 Å². The molecule has 0 N–H and O–H groups in total. The van der Waals surface area contributed by atoms with Crippen LogP contribution in [0, 0.1) is 0 Å². The van der Waals surface area contributed by atoms with E-state index in [1.165, 1.54) is 0 Å². The van der Waals surface area contributed by atoms with Crippen LogP contribution in [-0.2, 0) is 9.47 Å². The third-order valence-electron chi connectivity index (χ3n) is 3.21. The van der Waals surface area contributed by atoms with Gasteiger partial charge >= 0.3 is 0 Å². The lowest BCUT2D eigenvalue weighted by Crippen LogP contribution is -2.02. The van der Waals surface area contributed by atoms with E-state index in [-0.39, 0.29) is 12.1 Å². The molecule has 2 aromatic rings. The van der Waals surface area contributed by atoms with Crippen molar-refractivity contribution >= 4 is 16.6 Å². The highest BCUT2D eigenvalue weighted by atomic mass is 16.7. The zero-order valence-corrected chi connectivity index (χ0v) is 10.2. The third-order valence-corrected chi connectivity index (χ3v) is 3.21. The van der Waals surface area contributed by atoms with E-state index in [9.17, 15) is 4.79 Å². The fourth-order valence-corrected chi connectivity index (χ4v) is 2.37. The van der Waals surface area contributed by atoms with Crippen LogP contribution in [0.4, 0.5) is 0 Å². The van der Waals surface area contributed by atoms with Crippen LogP contribution in [-0.4, -0.2) is 19.0 Å². The zero-order valence-electron chi connectivity index (χ0n) is 10.2. The first-order chi connectivity index (χ1) is 8.77. The number of ether oxygens (including phenoxy) is 2. The molecule has 3 nitrogen and oxygen atoms in total. The van der Waals surface area contributed by atoms with E-state index < -0.39 is 0 Å². The number of carbonyl (C=O) groups is 1. The van der Waals surface area contributed by atoms with E-state index >= 15 is 0 Å². The van der Waals surface area contributed by atoms with Crippen molar-refractivity contribution in [1.29, 1.82) is 0 Å². The monoisotopic (exact) mass is 242 g/mol.